The van der Waals surface area contributed by atoms with E-state index in [0.717, 1.165) is 22.3 Å². The molecule has 0 saturated heterocycles. The first kappa shape index (κ1) is 21.6. The van der Waals surface area contributed by atoms with Crippen LogP contribution in [0.5, 0.6) is 5.75 Å². The summed E-state index contributed by atoms with van der Waals surface area (Å²) in [5.41, 5.74) is 5.01. The van der Waals surface area contributed by atoms with Crippen LogP contribution >= 0.6 is 0 Å². The Morgan fingerprint density at radius 2 is 1.73 bits per heavy atom. The Kier molecular flexibility index (Phi) is 7.63. The van der Waals surface area contributed by atoms with Crippen molar-refractivity contribution in [2.45, 2.75) is 26.8 Å². The summed E-state index contributed by atoms with van der Waals surface area (Å²) in [6, 6.07) is 23.4. The molecule has 4 heteroatoms. The van der Waals surface area contributed by atoms with Crippen LogP contribution in [0, 0.1) is 13.8 Å². The first-order chi connectivity index (χ1) is 14.6. The Hall–Kier alpha value is -3.11. The van der Waals surface area contributed by atoms with Gasteiger partial charge in [-0.1, -0.05) is 60.2 Å². The maximum absolute atomic E-state index is 13.1. The van der Waals surface area contributed by atoms with Gasteiger partial charge in [0.2, 0.25) is 0 Å². The number of ether oxygens (including phenoxy) is 2. The van der Waals surface area contributed by atoms with Gasteiger partial charge in [0, 0.05) is 12.2 Å². The predicted octanol–water partition coefficient (Wildman–Crippen LogP) is 5.24. The summed E-state index contributed by atoms with van der Waals surface area (Å²) in [5.74, 6) is 0.519. The molecule has 0 bridgehead atoms. The summed E-state index contributed by atoms with van der Waals surface area (Å²) >= 11 is 0. The molecule has 0 fully saturated rings. The van der Waals surface area contributed by atoms with E-state index in [9.17, 15) is 4.79 Å². The van der Waals surface area contributed by atoms with Gasteiger partial charge < -0.3 is 14.8 Å². The number of amides is 1. The molecule has 0 aromatic heterocycles. The fourth-order valence-electron chi connectivity index (χ4n) is 3.36. The molecular formula is C26H29NO3. The molecule has 3 aromatic rings. The maximum Gasteiger partial charge on any atom is 0.252 e. The average Bonchev–Trinajstić information content (AvgIpc) is 2.77. The minimum absolute atomic E-state index is 0.139. The van der Waals surface area contributed by atoms with E-state index >= 15 is 0 Å². The third kappa shape index (κ3) is 5.71. The molecular weight excluding hydrogens is 374 g/mol. The number of hydrogen-bond donors (Lipinski definition) is 1. The summed E-state index contributed by atoms with van der Waals surface area (Å²) in [5, 5.41) is 3.22. The topological polar surface area (TPSA) is 47.6 Å². The number of carbonyl (C=O) groups excluding carboxylic acids is 1. The number of nitrogens with one attached hydrogen (secondary N) is 1. The molecule has 3 aromatic carbocycles. The highest BCUT2D eigenvalue weighted by molar-refractivity contribution is 5.95. The molecule has 30 heavy (non-hydrogen) atoms. The van der Waals surface area contributed by atoms with Crippen LogP contribution < -0.4 is 10.1 Å². The Labute approximate surface area is 178 Å². The van der Waals surface area contributed by atoms with Crippen molar-refractivity contribution in [3.8, 4) is 5.75 Å². The van der Waals surface area contributed by atoms with E-state index in [2.05, 4.69) is 37.4 Å². The first-order valence-corrected chi connectivity index (χ1v) is 10.3. The zero-order valence-corrected chi connectivity index (χ0v) is 17.9. The lowest BCUT2D eigenvalue weighted by Crippen LogP contribution is -2.30. The minimum atomic E-state index is -0.235. The van der Waals surface area contributed by atoms with Gasteiger partial charge in [0.1, 0.15) is 12.4 Å². The van der Waals surface area contributed by atoms with Crippen molar-refractivity contribution in [2.75, 3.05) is 19.8 Å². The molecule has 4 nitrogen and oxygen atoms in total. The quantitative estimate of drug-likeness (QED) is 0.497. The largest absolute Gasteiger partial charge is 0.491 e. The highest BCUT2D eigenvalue weighted by atomic mass is 16.5. The zero-order valence-electron chi connectivity index (χ0n) is 17.9. The molecule has 1 N–H and O–H groups in total. The van der Waals surface area contributed by atoms with Crippen LogP contribution in [0.1, 0.15) is 45.6 Å². The summed E-state index contributed by atoms with van der Waals surface area (Å²) in [4.78, 5) is 13.1. The van der Waals surface area contributed by atoms with Crippen LogP contribution in [-0.2, 0) is 4.74 Å². The minimum Gasteiger partial charge on any atom is -0.491 e. The van der Waals surface area contributed by atoms with Crippen molar-refractivity contribution in [1.82, 2.24) is 5.32 Å². The Bertz CT molecular complexity index is 969. The van der Waals surface area contributed by atoms with Gasteiger partial charge in [-0.3, -0.25) is 4.79 Å². The first-order valence-electron chi connectivity index (χ1n) is 10.3. The smallest absolute Gasteiger partial charge is 0.252 e. The van der Waals surface area contributed by atoms with Gasteiger partial charge in [0.15, 0.2) is 0 Å². The third-order valence-corrected chi connectivity index (χ3v) is 4.95. The second kappa shape index (κ2) is 10.6. The predicted molar refractivity (Wildman–Crippen MR) is 120 cm³/mol. The lowest BCUT2D eigenvalue weighted by atomic mass is 9.93. The second-order valence-corrected chi connectivity index (χ2v) is 7.25. The SMILES string of the molecule is CCOCCOc1cccc(C(=O)N[C@H](c2ccccc2)c2cc(C)ccc2C)c1. The van der Waals surface area contributed by atoms with E-state index in [0.29, 0.717) is 31.1 Å². The molecule has 0 aliphatic carbocycles. The number of rotatable bonds is 9. The van der Waals surface area contributed by atoms with Crippen molar-refractivity contribution in [3.63, 3.8) is 0 Å². The van der Waals surface area contributed by atoms with Crippen LogP contribution in [0.3, 0.4) is 0 Å². The molecule has 0 aliphatic heterocycles. The van der Waals surface area contributed by atoms with Crippen molar-refractivity contribution >= 4 is 5.91 Å². The molecule has 0 aliphatic rings. The van der Waals surface area contributed by atoms with E-state index < -0.39 is 0 Å². The highest BCUT2D eigenvalue weighted by Gasteiger charge is 2.20. The van der Waals surface area contributed by atoms with Gasteiger partial charge in [0.25, 0.3) is 5.91 Å². The van der Waals surface area contributed by atoms with Crippen molar-refractivity contribution in [1.29, 1.82) is 0 Å². The summed E-state index contributed by atoms with van der Waals surface area (Å²) < 4.78 is 11.0. The Balaban J connectivity index is 1.83. The van der Waals surface area contributed by atoms with Gasteiger partial charge in [-0.05, 0) is 55.7 Å². The molecule has 0 saturated carbocycles. The lowest BCUT2D eigenvalue weighted by molar-refractivity contribution is 0.0941. The zero-order chi connectivity index (χ0) is 21.3. The van der Waals surface area contributed by atoms with E-state index in [-0.39, 0.29) is 11.9 Å². The lowest BCUT2D eigenvalue weighted by Gasteiger charge is -2.22. The number of hydrogen-bond acceptors (Lipinski definition) is 3. The van der Waals surface area contributed by atoms with Gasteiger partial charge in [-0.15, -0.1) is 0 Å². The van der Waals surface area contributed by atoms with Crippen LogP contribution in [-0.4, -0.2) is 25.7 Å². The van der Waals surface area contributed by atoms with Gasteiger partial charge in [-0.2, -0.15) is 0 Å². The Morgan fingerprint density at radius 3 is 2.50 bits per heavy atom. The Morgan fingerprint density at radius 1 is 0.933 bits per heavy atom. The van der Waals surface area contributed by atoms with Gasteiger partial charge >= 0.3 is 0 Å². The summed E-state index contributed by atoms with van der Waals surface area (Å²) in [6.07, 6.45) is 0. The maximum atomic E-state index is 13.1. The van der Waals surface area contributed by atoms with Gasteiger partial charge in [0.05, 0.1) is 12.6 Å². The summed E-state index contributed by atoms with van der Waals surface area (Å²) in [6.45, 7) is 7.72. The normalized spacial score (nSPS) is 11.7. The van der Waals surface area contributed by atoms with Crippen LogP contribution in [0.2, 0.25) is 0 Å². The standard InChI is InChI=1S/C26H29NO3/c1-4-29-15-16-30-23-12-8-11-22(18-23)26(28)27-25(21-9-6-5-7-10-21)24-17-19(2)13-14-20(24)3/h5-14,17-18,25H,4,15-16H2,1-3H3,(H,27,28)/t25-/m1/s1. The monoisotopic (exact) mass is 403 g/mol. The fourth-order valence-corrected chi connectivity index (χ4v) is 3.36. The van der Waals surface area contributed by atoms with Gasteiger partial charge in [-0.25, -0.2) is 0 Å². The fraction of sp³-hybridized carbons (Fsp3) is 0.269. The summed E-state index contributed by atoms with van der Waals surface area (Å²) in [7, 11) is 0. The van der Waals surface area contributed by atoms with Crippen LogP contribution in [0.25, 0.3) is 0 Å². The molecule has 1 amide bonds. The number of benzene rings is 3. The van der Waals surface area contributed by atoms with Crippen molar-refractivity contribution in [3.05, 3.63) is 101 Å². The van der Waals surface area contributed by atoms with Crippen LogP contribution in [0.4, 0.5) is 0 Å². The number of carbonyl (C=O) groups is 1. The second-order valence-electron chi connectivity index (χ2n) is 7.25. The molecule has 0 unspecified atom stereocenters. The molecule has 0 radical (unpaired) electrons. The molecule has 3 rings (SSSR count). The molecule has 0 spiro atoms. The van der Waals surface area contributed by atoms with E-state index in [4.69, 9.17) is 9.47 Å². The highest BCUT2D eigenvalue weighted by Crippen LogP contribution is 2.26. The van der Waals surface area contributed by atoms with Crippen LogP contribution in [0.15, 0.2) is 72.8 Å². The molecule has 156 valence electrons. The van der Waals surface area contributed by atoms with E-state index in [1.54, 1.807) is 12.1 Å². The molecule has 1 atom stereocenters. The molecule has 0 heterocycles. The van der Waals surface area contributed by atoms with E-state index in [1.807, 2.05) is 49.4 Å². The number of aryl methyl sites for hydroxylation is 2. The van der Waals surface area contributed by atoms with Crippen molar-refractivity contribution in [2.24, 2.45) is 0 Å². The van der Waals surface area contributed by atoms with Crippen molar-refractivity contribution < 1.29 is 14.3 Å². The third-order valence-electron chi connectivity index (χ3n) is 4.95. The average molecular weight is 404 g/mol. The van der Waals surface area contributed by atoms with E-state index in [1.165, 1.54) is 0 Å².